The van der Waals surface area contributed by atoms with Gasteiger partial charge in [0.2, 0.25) is 0 Å². The van der Waals surface area contributed by atoms with Crippen molar-refractivity contribution in [3.05, 3.63) is 93.6 Å². The van der Waals surface area contributed by atoms with Crippen LogP contribution in [0.2, 0.25) is 5.02 Å². The maximum absolute atomic E-state index is 15.3. The highest BCUT2D eigenvalue weighted by Crippen LogP contribution is 2.43. The number of hydrogen-bond donors (Lipinski definition) is 0. The van der Waals surface area contributed by atoms with Gasteiger partial charge in [0.15, 0.2) is 11.6 Å². The van der Waals surface area contributed by atoms with Crippen LogP contribution in [0.1, 0.15) is 42.9 Å². The second kappa shape index (κ2) is 9.63. The number of benzene rings is 2. The molecule has 3 aromatic rings. The van der Waals surface area contributed by atoms with E-state index < -0.39 is 11.9 Å². The minimum Gasteiger partial charge on any atom is -0.481 e. The number of nitrogens with zero attached hydrogens (tertiary/aromatic N) is 3. The average Bonchev–Trinajstić information content (AvgIpc) is 3.55. The van der Waals surface area contributed by atoms with Gasteiger partial charge in [0, 0.05) is 48.7 Å². The van der Waals surface area contributed by atoms with Gasteiger partial charge in [-0.05, 0) is 49.1 Å². The van der Waals surface area contributed by atoms with Gasteiger partial charge >= 0.3 is 5.69 Å². The van der Waals surface area contributed by atoms with Gasteiger partial charge in [-0.1, -0.05) is 30.5 Å². The van der Waals surface area contributed by atoms with E-state index in [9.17, 15) is 9.18 Å². The minimum atomic E-state index is -0.599. The van der Waals surface area contributed by atoms with Gasteiger partial charge in [-0.2, -0.15) is 0 Å². The van der Waals surface area contributed by atoms with Crippen molar-refractivity contribution in [3.63, 3.8) is 0 Å². The molecule has 1 fully saturated rings. The van der Waals surface area contributed by atoms with E-state index in [-0.39, 0.29) is 28.3 Å². The summed E-state index contributed by atoms with van der Waals surface area (Å²) in [7, 11) is 1.63. The zero-order valence-electron chi connectivity index (χ0n) is 19.6. The predicted octanol–water partition coefficient (Wildman–Crippen LogP) is 5.58. The third-order valence-electron chi connectivity index (χ3n) is 7.22. The summed E-state index contributed by atoms with van der Waals surface area (Å²) in [5.74, 6) is -0.914. The van der Waals surface area contributed by atoms with E-state index in [0.29, 0.717) is 35.8 Å². The van der Waals surface area contributed by atoms with E-state index in [1.54, 1.807) is 31.6 Å². The van der Waals surface area contributed by atoms with Gasteiger partial charge in [0.05, 0.1) is 11.7 Å². The number of ether oxygens (including phenoxy) is 1. The fourth-order valence-electron chi connectivity index (χ4n) is 5.52. The molecule has 35 heavy (non-hydrogen) atoms. The van der Waals surface area contributed by atoms with Gasteiger partial charge in [-0.15, -0.1) is 6.58 Å². The highest BCUT2D eigenvalue weighted by molar-refractivity contribution is 6.30. The van der Waals surface area contributed by atoms with Gasteiger partial charge in [0.25, 0.3) is 0 Å². The summed E-state index contributed by atoms with van der Waals surface area (Å²) < 4.78 is 39.3. The molecule has 2 atom stereocenters. The van der Waals surface area contributed by atoms with Gasteiger partial charge in [-0.3, -0.25) is 9.47 Å². The molecule has 8 heteroatoms. The van der Waals surface area contributed by atoms with Crippen LogP contribution in [0.15, 0.2) is 60.2 Å². The van der Waals surface area contributed by atoms with Crippen molar-refractivity contribution in [1.82, 2.24) is 14.0 Å². The number of aromatic nitrogens is 2. The van der Waals surface area contributed by atoms with Crippen LogP contribution in [-0.2, 0) is 13.5 Å². The molecule has 1 aromatic heterocycles. The maximum Gasteiger partial charge on any atom is 0.332 e. The summed E-state index contributed by atoms with van der Waals surface area (Å²) in [5, 5.41) is 0.283. The lowest BCUT2D eigenvalue weighted by molar-refractivity contribution is 0.0553. The Morgan fingerprint density at radius 3 is 2.60 bits per heavy atom. The molecule has 1 saturated carbocycles. The zero-order chi connectivity index (χ0) is 24.7. The van der Waals surface area contributed by atoms with Crippen LogP contribution in [0.4, 0.5) is 8.78 Å². The molecule has 0 bridgehead atoms. The Balaban J connectivity index is 1.52. The van der Waals surface area contributed by atoms with Crippen LogP contribution < -0.4 is 10.4 Å². The second-order valence-corrected chi connectivity index (χ2v) is 9.80. The summed E-state index contributed by atoms with van der Waals surface area (Å²) >= 11 is 6.22. The molecule has 5 rings (SSSR count). The molecule has 2 aliphatic rings. The fourth-order valence-corrected chi connectivity index (χ4v) is 5.74. The first kappa shape index (κ1) is 23.8. The first-order valence-corrected chi connectivity index (χ1v) is 12.3. The van der Waals surface area contributed by atoms with Crippen molar-refractivity contribution >= 4 is 11.6 Å². The van der Waals surface area contributed by atoms with Gasteiger partial charge < -0.3 is 9.30 Å². The van der Waals surface area contributed by atoms with E-state index in [2.05, 4.69) is 11.5 Å². The number of hydrogen-bond acceptors (Lipinski definition) is 3. The van der Waals surface area contributed by atoms with Crippen molar-refractivity contribution in [2.24, 2.45) is 7.05 Å². The number of fused-ring (bicyclic) bond motifs is 1. The lowest BCUT2D eigenvalue weighted by Crippen LogP contribution is -2.45. The van der Waals surface area contributed by atoms with E-state index in [1.807, 2.05) is 6.08 Å². The van der Waals surface area contributed by atoms with Crippen LogP contribution >= 0.6 is 11.6 Å². The molecule has 0 spiro atoms. The maximum atomic E-state index is 15.3. The summed E-state index contributed by atoms with van der Waals surface area (Å²) in [5.41, 5.74) is 1.33. The Morgan fingerprint density at radius 2 is 1.94 bits per heavy atom. The lowest BCUT2D eigenvalue weighted by atomic mass is 10.1. The Bertz CT molecular complexity index is 1310. The minimum absolute atomic E-state index is 0.0472. The molecule has 2 aromatic carbocycles. The second-order valence-electron chi connectivity index (χ2n) is 9.37. The largest absolute Gasteiger partial charge is 0.481 e. The molecule has 2 aliphatic carbocycles. The molecule has 1 heterocycles. The first-order chi connectivity index (χ1) is 16.9. The third-order valence-corrected chi connectivity index (χ3v) is 7.44. The van der Waals surface area contributed by atoms with E-state index in [0.717, 1.165) is 25.7 Å². The highest BCUT2D eigenvalue weighted by Gasteiger charge is 2.42. The monoisotopic (exact) mass is 499 g/mol. The molecule has 184 valence electrons. The Kier molecular flexibility index (Phi) is 6.55. The number of aryl methyl sites for hydroxylation is 1. The van der Waals surface area contributed by atoms with Crippen LogP contribution in [0.25, 0.3) is 5.69 Å². The quantitative estimate of drug-likeness (QED) is 0.398. The smallest absolute Gasteiger partial charge is 0.332 e. The molecule has 0 radical (unpaired) electrons. The zero-order valence-corrected chi connectivity index (χ0v) is 20.3. The molecule has 0 saturated heterocycles. The van der Waals surface area contributed by atoms with Crippen LogP contribution in [0, 0.1) is 11.6 Å². The molecule has 0 N–H and O–H groups in total. The van der Waals surface area contributed by atoms with Crippen molar-refractivity contribution in [3.8, 4) is 11.4 Å². The fraction of sp³-hybridized carbons (Fsp3) is 0.370. The Labute approximate surface area is 208 Å². The number of halogens is 3. The van der Waals surface area contributed by atoms with Crippen molar-refractivity contribution in [2.75, 3.05) is 6.54 Å². The number of imidazole rings is 1. The topological polar surface area (TPSA) is 39.4 Å². The SMILES string of the molecule is C=CCN(C1CCCC1)[C@H]1Cc2c(F)cc(Cl)cc2[C@@H]1Oc1ccc(-n2ccn(C)c2=O)cc1F. The molecular weight excluding hydrogens is 472 g/mol. The molecule has 0 unspecified atom stereocenters. The van der Waals surface area contributed by atoms with Gasteiger partial charge in [-0.25, -0.2) is 13.6 Å². The van der Waals surface area contributed by atoms with Crippen molar-refractivity contribution in [1.29, 1.82) is 0 Å². The molecular formula is C27H28ClF2N3O2. The standard InChI is InChI=1S/C27H28ClF2N3O2/c1-3-10-32(18-6-4-5-7-18)24-16-20-21(13-17(28)14-22(20)29)26(24)35-25-9-8-19(15-23(25)30)33-12-11-31(2)27(33)34/h3,8-9,11-15,18,24,26H,1,4-7,10,16H2,2H3/t24-,26-/m0/s1. The summed E-state index contributed by atoms with van der Waals surface area (Å²) in [6, 6.07) is 7.64. The van der Waals surface area contributed by atoms with Crippen molar-refractivity contribution < 1.29 is 13.5 Å². The Hall–Kier alpha value is -2.90. The highest BCUT2D eigenvalue weighted by atomic mass is 35.5. The predicted molar refractivity (Wildman–Crippen MR) is 132 cm³/mol. The van der Waals surface area contributed by atoms with Crippen molar-refractivity contribution in [2.45, 2.75) is 50.3 Å². The van der Waals surface area contributed by atoms with Gasteiger partial charge in [0.1, 0.15) is 11.9 Å². The average molecular weight is 500 g/mol. The van der Waals surface area contributed by atoms with E-state index in [1.165, 1.54) is 27.3 Å². The molecule has 5 nitrogen and oxygen atoms in total. The Morgan fingerprint density at radius 1 is 1.17 bits per heavy atom. The first-order valence-electron chi connectivity index (χ1n) is 11.9. The van der Waals surface area contributed by atoms with E-state index in [4.69, 9.17) is 16.3 Å². The third kappa shape index (κ3) is 4.43. The molecule has 0 amide bonds. The summed E-state index contributed by atoms with van der Waals surface area (Å²) in [6.07, 6.45) is 9.33. The number of rotatable bonds is 7. The summed E-state index contributed by atoms with van der Waals surface area (Å²) in [6.45, 7) is 4.56. The van der Waals surface area contributed by atoms with Crippen LogP contribution in [0.3, 0.4) is 0 Å². The molecule has 0 aliphatic heterocycles. The van der Waals surface area contributed by atoms with Crippen LogP contribution in [0.5, 0.6) is 5.75 Å². The normalized spacial score (nSPS) is 19.9. The van der Waals surface area contributed by atoms with Crippen LogP contribution in [-0.4, -0.2) is 32.7 Å². The lowest BCUT2D eigenvalue weighted by Gasteiger charge is -2.37. The summed E-state index contributed by atoms with van der Waals surface area (Å²) in [4.78, 5) is 14.6. The van der Waals surface area contributed by atoms with E-state index >= 15 is 4.39 Å².